The van der Waals surface area contributed by atoms with Crippen molar-refractivity contribution in [1.82, 2.24) is 4.90 Å². The van der Waals surface area contributed by atoms with Crippen LogP contribution in [0.15, 0.2) is 0 Å². The van der Waals surface area contributed by atoms with Gasteiger partial charge in [0.25, 0.3) is 0 Å². The first kappa shape index (κ1) is 13.8. The Kier molecular flexibility index (Phi) is 5.78. The first-order valence-corrected chi connectivity index (χ1v) is 8.15. The molecule has 2 nitrogen and oxygen atoms in total. The molecule has 3 unspecified atom stereocenters. The lowest BCUT2D eigenvalue weighted by Crippen LogP contribution is -2.41. The van der Waals surface area contributed by atoms with Crippen LogP contribution in [0, 0.1) is 0 Å². The van der Waals surface area contributed by atoms with E-state index < -0.39 is 0 Å². The van der Waals surface area contributed by atoms with Crippen molar-refractivity contribution in [2.75, 3.05) is 20.2 Å². The van der Waals surface area contributed by atoms with Gasteiger partial charge in [-0.1, -0.05) is 28.8 Å². The summed E-state index contributed by atoms with van der Waals surface area (Å²) in [5.41, 5.74) is 0. The molecule has 1 aliphatic carbocycles. The Hall–Kier alpha value is 0.400. The largest absolute Gasteiger partial charge is 0.378 e. The van der Waals surface area contributed by atoms with Gasteiger partial charge >= 0.3 is 0 Å². The predicted octanol–water partition coefficient (Wildman–Crippen LogP) is 3.58. The van der Waals surface area contributed by atoms with Crippen molar-refractivity contribution in [3.05, 3.63) is 0 Å². The van der Waals surface area contributed by atoms with Crippen LogP contribution >= 0.6 is 15.9 Å². The highest BCUT2D eigenvalue weighted by molar-refractivity contribution is 9.09. The molecule has 1 heterocycles. The summed E-state index contributed by atoms with van der Waals surface area (Å²) in [6.07, 6.45) is 11.2. The first-order valence-electron chi connectivity index (χ1n) is 7.23. The van der Waals surface area contributed by atoms with Gasteiger partial charge in [0, 0.05) is 17.5 Å². The van der Waals surface area contributed by atoms with Crippen LogP contribution in [0.4, 0.5) is 0 Å². The average molecular weight is 304 g/mol. The topological polar surface area (TPSA) is 12.5 Å². The van der Waals surface area contributed by atoms with Crippen molar-refractivity contribution in [3.8, 4) is 0 Å². The molecule has 0 N–H and O–H groups in total. The fraction of sp³-hybridized carbons (Fsp3) is 1.00. The quantitative estimate of drug-likeness (QED) is 0.720. The lowest BCUT2D eigenvalue weighted by molar-refractivity contribution is 0.0967. The molecular formula is C14H26BrNO. The van der Waals surface area contributed by atoms with Gasteiger partial charge in [-0.3, -0.25) is 0 Å². The standard InChI is InChI=1S/C14H26BrNO/c1-16(14-9-3-2-8-13(14)15)10-4-6-12-7-5-11-17-12/h12-14H,2-11H2,1H3. The summed E-state index contributed by atoms with van der Waals surface area (Å²) < 4.78 is 5.67. The second-order valence-electron chi connectivity index (χ2n) is 5.63. The Morgan fingerprint density at radius 2 is 2.00 bits per heavy atom. The number of alkyl halides is 1. The summed E-state index contributed by atoms with van der Waals surface area (Å²) in [6.45, 7) is 2.22. The highest BCUT2D eigenvalue weighted by Crippen LogP contribution is 2.28. The van der Waals surface area contributed by atoms with E-state index in [4.69, 9.17) is 4.74 Å². The minimum absolute atomic E-state index is 0.564. The molecule has 1 aliphatic heterocycles. The summed E-state index contributed by atoms with van der Waals surface area (Å²) in [5.74, 6) is 0. The van der Waals surface area contributed by atoms with E-state index in [0.717, 1.165) is 12.6 Å². The van der Waals surface area contributed by atoms with E-state index >= 15 is 0 Å². The molecule has 0 aromatic carbocycles. The number of hydrogen-bond acceptors (Lipinski definition) is 2. The summed E-state index contributed by atoms with van der Waals surface area (Å²) in [5, 5.41) is 0. The molecule has 0 amide bonds. The van der Waals surface area contributed by atoms with Gasteiger partial charge in [-0.05, 0) is 52.1 Å². The highest BCUT2D eigenvalue weighted by atomic mass is 79.9. The van der Waals surface area contributed by atoms with Gasteiger partial charge in [0.15, 0.2) is 0 Å². The fourth-order valence-electron chi connectivity index (χ4n) is 3.17. The van der Waals surface area contributed by atoms with Crippen molar-refractivity contribution in [1.29, 1.82) is 0 Å². The lowest BCUT2D eigenvalue weighted by Gasteiger charge is -2.35. The van der Waals surface area contributed by atoms with Crippen molar-refractivity contribution < 1.29 is 4.74 Å². The summed E-state index contributed by atoms with van der Waals surface area (Å²) >= 11 is 3.85. The van der Waals surface area contributed by atoms with Crippen molar-refractivity contribution >= 4 is 15.9 Å². The van der Waals surface area contributed by atoms with Crippen molar-refractivity contribution in [2.24, 2.45) is 0 Å². The number of halogens is 1. The van der Waals surface area contributed by atoms with Crippen LogP contribution < -0.4 is 0 Å². The minimum atomic E-state index is 0.564. The van der Waals surface area contributed by atoms with Crippen LogP contribution in [0.25, 0.3) is 0 Å². The van der Waals surface area contributed by atoms with E-state index in [9.17, 15) is 0 Å². The summed E-state index contributed by atoms with van der Waals surface area (Å²) in [6, 6.07) is 0.758. The smallest absolute Gasteiger partial charge is 0.0576 e. The number of rotatable bonds is 5. The fourth-order valence-corrected chi connectivity index (χ4v) is 4.16. The Balaban J connectivity index is 1.63. The third-order valence-corrected chi connectivity index (χ3v) is 5.34. The molecule has 0 radical (unpaired) electrons. The molecule has 3 atom stereocenters. The normalized spacial score (nSPS) is 34.4. The van der Waals surface area contributed by atoms with Crippen LogP contribution in [0.3, 0.4) is 0 Å². The molecule has 0 aromatic heterocycles. The van der Waals surface area contributed by atoms with Crippen LogP contribution in [0.5, 0.6) is 0 Å². The minimum Gasteiger partial charge on any atom is -0.378 e. The van der Waals surface area contributed by atoms with Gasteiger partial charge in [-0.15, -0.1) is 0 Å². The number of hydrogen-bond donors (Lipinski definition) is 0. The molecule has 2 fully saturated rings. The zero-order valence-electron chi connectivity index (χ0n) is 11.0. The van der Waals surface area contributed by atoms with Gasteiger partial charge in [0.1, 0.15) is 0 Å². The van der Waals surface area contributed by atoms with Crippen LogP contribution in [-0.4, -0.2) is 42.1 Å². The molecule has 0 aromatic rings. The van der Waals surface area contributed by atoms with Crippen molar-refractivity contribution in [3.63, 3.8) is 0 Å². The molecular weight excluding hydrogens is 278 g/mol. The second-order valence-corrected chi connectivity index (χ2v) is 6.80. The van der Waals surface area contributed by atoms with Crippen LogP contribution in [0.1, 0.15) is 51.4 Å². The zero-order valence-corrected chi connectivity index (χ0v) is 12.6. The Labute approximate surface area is 114 Å². The average Bonchev–Trinajstić information content (AvgIpc) is 2.82. The predicted molar refractivity (Wildman–Crippen MR) is 75.8 cm³/mol. The number of ether oxygens (including phenoxy) is 1. The Bertz CT molecular complexity index is 218. The van der Waals surface area contributed by atoms with Gasteiger partial charge in [-0.2, -0.15) is 0 Å². The van der Waals surface area contributed by atoms with Gasteiger partial charge in [-0.25, -0.2) is 0 Å². The van der Waals surface area contributed by atoms with Gasteiger partial charge in [0.2, 0.25) is 0 Å². The molecule has 17 heavy (non-hydrogen) atoms. The Morgan fingerprint density at radius 1 is 1.18 bits per heavy atom. The maximum absolute atomic E-state index is 5.67. The first-order chi connectivity index (χ1) is 8.27. The Morgan fingerprint density at radius 3 is 2.71 bits per heavy atom. The molecule has 0 bridgehead atoms. The highest BCUT2D eigenvalue weighted by Gasteiger charge is 2.26. The molecule has 1 saturated heterocycles. The van der Waals surface area contributed by atoms with E-state index in [1.165, 1.54) is 57.9 Å². The van der Waals surface area contributed by atoms with E-state index in [0.29, 0.717) is 10.9 Å². The van der Waals surface area contributed by atoms with Crippen LogP contribution in [-0.2, 0) is 4.74 Å². The maximum atomic E-state index is 5.67. The van der Waals surface area contributed by atoms with E-state index in [1.54, 1.807) is 0 Å². The van der Waals surface area contributed by atoms with E-state index in [2.05, 4.69) is 27.9 Å². The summed E-state index contributed by atoms with van der Waals surface area (Å²) in [7, 11) is 2.29. The zero-order chi connectivity index (χ0) is 12.1. The van der Waals surface area contributed by atoms with Crippen molar-refractivity contribution in [2.45, 2.75) is 68.3 Å². The van der Waals surface area contributed by atoms with E-state index in [-0.39, 0.29) is 0 Å². The maximum Gasteiger partial charge on any atom is 0.0576 e. The lowest BCUT2D eigenvalue weighted by atomic mass is 9.94. The molecule has 3 heteroatoms. The second kappa shape index (κ2) is 7.10. The monoisotopic (exact) mass is 303 g/mol. The molecule has 1 saturated carbocycles. The molecule has 100 valence electrons. The third-order valence-electron chi connectivity index (χ3n) is 4.27. The SMILES string of the molecule is CN(CCCC1CCCO1)C1CCCCC1Br. The third kappa shape index (κ3) is 4.22. The van der Waals surface area contributed by atoms with Crippen LogP contribution in [0.2, 0.25) is 0 Å². The molecule has 2 aliphatic rings. The molecule has 0 spiro atoms. The summed E-state index contributed by atoms with van der Waals surface area (Å²) in [4.78, 5) is 3.28. The van der Waals surface area contributed by atoms with Gasteiger partial charge < -0.3 is 9.64 Å². The molecule has 2 rings (SSSR count). The van der Waals surface area contributed by atoms with Gasteiger partial charge in [0.05, 0.1) is 6.10 Å². The van der Waals surface area contributed by atoms with E-state index in [1.807, 2.05) is 0 Å². The number of nitrogens with zero attached hydrogens (tertiary/aromatic N) is 1.